The van der Waals surface area contributed by atoms with Crippen molar-refractivity contribution in [2.24, 2.45) is 0 Å². The Kier molecular flexibility index (Phi) is 11.1. The lowest BCUT2D eigenvalue weighted by molar-refractivity contribution is -0.139. The number of hydrogen-bond acceptors (Lipinski definition) is 4. The average Bonchev–Trinajstić information content (AvgIpc) is 2.67. The number of benzene rings is 1. The van der Waals surface area contributed by atoms with Crippen molar-refractivity contribution in [2.45, 2.75) is 65.9 Å². The first-order valence-corrected chi connectivity index (χ1v) is 10.4. The lowest BCUT2D eigenvalue weighted by Crippen LogP contribution is -2.42. The van der Waals surface area contributed by atoms with Gasteiger partial charge in [0, 0.05) is 18.8 Å². The van der Waals surface area contributed by atoms with Gasteiger partial charge in [0.2, 0.25) is 0 Å². The van der Waals surface area contributed by atoms with Crippen molar-refractivity contribution in [3.8, 4) is 5.75 Å². The number of nitrogens with zero attached hydrogens (tertiary/aromatic N) is 1. The molecule has 0 spiro atoms. The zero-order valence-corrected chi connectivity index (χ0v) is 17.8. The molecule has 1 atom stereocenters. The van der Waals surface area contributed by atoms with Gasteiger partial charge in [-0.15, -0.1) is 0 Å². The second-order valence-corrected chi connectivity index (χ2v) is 6.97. The van der Waals surface area contributed by atoms with Crippen molar-refractivity contribution in [3.63, 3.8) is 0 Å². The quantitative estimate of drug-likeness (QED) is 0.476. The van der Waals surface area contributed by atoms with Crippen LogP contribution in [0.15, 0.2) is 24.3 Å². The summed E-state index contributed by atoms with van der Waals surface area (Å²) in [7, 11) is 0. The number of ether oxygens (including phenoxy) is 2. The molecule has 0 saturated heterocycles. The van der Waals surface area contributed by atoms with Gasteiger partial charge in [0.25, 0.3) is 5.91 Å². The molecule has 1 aromatic rings. The number of hydrogen-bond donors (Lipinski definition) is 1. The van der Waals surface area contributed by atoms with E-state index in [1.807, 2.05) is 38.1 Å². The zero-order chi connectivity index (χ0) is 20.1. The lowest BCUT2D eigenvalue weighted by Gasteiger charge is -2.28. The lowest BCUT2D eigenvalue weighted by atomic mass is 9.96. The Morgan fingerprint density at radius 2 is 1.74 bits per heavy atom. The van der Waals surface area contributed by atoms with Crippen molar-refractivity contribution in [1.29, 1.82) is 0 Å². The van der Waals surface area contributed by atoms with E-state index < -0.39 is 5.60 Å². The van der Waals surface area contributed by atoms with Crippen molar-refractivity contribution < 1.29 is 14.3 Å². The minimum Gasteiger partial charge on any atom is -0.492 e. The Morgan fingerprint density at radius 1 is 1.07 bits per heavy atom. The van der Waals surface area contributed by atoms with Gasteiger partial charge in [-0.1, -0.05) is 40.0 Å². The topological polar surface area (TPSA) is 50.8 Å². The Bertz CT molecular complexity index is 529. The molecular formula is C22H38N2O3. The van der Waals surface area contributed by atoms with Gasteiger partial charge >= 0.3 is 0 Å². The van der Waals surface area contributed by atoms with Crippen LogP contribution in [0.1, 0.15) is 60.3 Å². The number of amides is 1. The highest BCUT2D eigenvalue weighted by Gasteiger charge is 2.33. The summed E-state index contributed by atoms with van der Waals surface area (Å²) >= 11 is 0. The van der Waals surface area contributed by atoms with Crippen LogP contribution in [0.2, 0.25) is 0 Å². The SMILES string of the molecule is CCCCCC(C)(OCC)C(=O)Nc1ccc(OCCN(CC)CC)cc1. The molecule has 0 radical (unpaired) electrons. The fraction of sp³-hybridized carbons (Fsp3) is 0.682. The Balaban J connectivity index is 2.57. The maximum atomic E-state index is 12.7. The largest absolute Gasteiger partial charge is 0.492 e. The van der Waals surface area contributed by atoms with Gasteiger partial charge in [0.1, 0.15) is 18.0 Å². The summed E-state index contributed by atoms with van der Waals surface area (Å²) < 4.78 is 11.6. The van der Waals surface area contributed by atoms with Crippen molar-refractivity contribution in [1.82, 2.24) is 4.90 Å². The monoisotopic (exact) mass is 378 g/mol. The van der Waals surface area contributed by atoms with Crippen LogP contribution in [0.4, 0.5) is 5.69 Å². The molecule has 0 bridgehead atoms. The molecule has 1 rings (SSSR count). The van der Waals surface area contributed by atoms with E-state index in [4.69, 9.17) is 9.47 Å². The fourth-order valence-electron chi connectivity index (χ4n) is 3.01. The number of rotatable bonds is 14. The van der Waals surface area contributed by atoms with E-state index in [0.29, 0.717) is 13.2 Å². The summed E-state index contributed by atoms with van der Waals surface area (Å²) in [6.07, 6.45) is 3.95. The summed E-state index contributed by atoms with van der Waals surface area (Å²) in [6.45, 7) is 14.4. The number of unbranched alkanes of at least 4 members (excludes halogenated alkanes) is 2. The standard InChI is InChI=1S/C22H38N2O3/c1-6-10-11-16-22(5,27-9-4)21(25)23-19-12-14-20(15-13-19)26-18-17-24(7-2)8-3/h12-15H,6-11,16-18H2,1-5H3,(H,23,25). The van der Waals surface area contributed by atoms with E-state index in [2.05, 4.69) is 31.0 Å². The summed E-state index contributed by atoms with van der Waals surface area (Å²) in [5.74, 6) is 0.728. The number of anilines is 1. The van der Waals surface area contributed by atoms with Gasteiger partial charge in [-0.05, 0) is 57.6 Å². The third kappa shape index (κ3) is 8.31. The van der Waals surface area contributed by atoms with Gasteiger partial charge in [-0.2, -0.15) is 0 Å². The van der Waals surface area contributed by atoms with Gasteiger partial charge in [-0.3, -0.25) is 4.79 Å². The molecule has 1 unspecified atom stereocenters. The molecule has 0 aromatic heterocycles. The molecule has 0 saturated carbocycles. The third-order valence-electron chi connectivity index (χ3n) is 4.88. The second-order valence-electron chi connectivity index (χ2n) is 6.97. The van der Waals surface area contributed by atoms with Crippen LogP contribution in [-0.2, 0) is 9.53 Å². The molecule has 0 aliphatic carbocycles. The van der Waals surface area contributed by atoms with E-state index in [-0.39, 0.29) is 5.91 Å². The molecule has 5 heteroatoms. The fourth-order valence-corrected chi connectivity index (χ4v) is 3.01. The zero-order valence-electron chi connectivity index (χ0n) is 17.8. The number of carbonyl (C=O) groups excluding carboxylic acids is 1. The highest BCUT2D eigenvalue weighted by atomic mass is 16.5. The minimum atomic E-state index is -0.789. The minimum absolute atomic E-state index is 0.0874. The molecule has 27 heavy (non-hydrogen) atoms. The molecule has 1 N–H and O–H groups in total. The van der Waals surface area contributed by atoms with Crippen LogP contribution in [0.5, 0.6) is 5.75 Å². The summed E-state index contributed by atoms with van der Waals surface area (Å²) in [5, 5.41) is 2.99. The normalized spacial score (nSPS) is 13.4. The molecule has 0 aliphatic rings. The average molecular weight is 379 g/mol. The number of carbonyl (C=O) groups is 1. The van der Waals surface area contributed by atoms with Gasteiger partial charge in [-0.25, -0.2) is 0 Å². The smallest absolute Gasteiger partial charge is 0.256 e. The molecule has 1 amide bonds. The van der Waals surface area contributed by atoms with Crippen LogP contribution in [0.25, 0.3) is 0 Å². The third-order valence-corrected chi connectivity index (χ3v) is 4.88. The van der Waals surface area contributed by atoms with Gasteiger partial charge in [0.05, 0.1) is 0 Å². The molecule has 0 fully saturated rings. The Morgan fingerprint density at radius 3 is 2.30 bits per heavy atom. The molecule has 154 valence electrons. The summed E-state index contributed by atoms with van der Waals surface area (Å²) in [6, 6.07) is 7.55. The first kappa shape index (κ1) is 23.4. The van der Waals surface area contributed by atoms with Crippen molar-refractivity contribution in [2.75, 3.05) is 38.2 Å². The predicted molar refractivity (Wildman–Crippen MR) is 113 cm³/mol. The van der Waals surface area contributed by atoms with Crippen LogP contribution in [0.3, 0.4) is 0 Å². The van der Waals surface area contributed by atoms with Crippen LogP contribution in [0, 0.1) is 0 Å². The molecule has 5 nitrogen and oxygen atoms in total. The first-order valence-electron chi connectivity index (χ1n) is 10.4. The van der Waals surface area contributed by atoms with Crippen molar-refractivity contribution in [3.05, 3.63) is 24.3 Å². The van der Waals surface area contributed by atoms with E-state index >= 15 is 0 Å². The highest BCUT2D eigenvalue weighted by molar-refractivity contribution is 5.97. The molecule has 0 aliphatic heterocycles. The van der Waals surface area contributed by atoms with E-state index in [1.165, 1.54) is 0 Å². The van der Waals surface area contributed by atoms with Crippen LogP contribution >= 0.6 is 0 Å². The van der Waals surface area contributed by atoms with Crippen molar-refractivity contribution >= 4 is 11.6 Å². The maximum Gasteiger partial charge on any atom is 0.256 e. The summed E-state index contributed by atoms with van der Waals surface area (Å²) in [5.41, 5.74) is -0.0272. The molecular weight excluding hydrogens is 340 g/mol. The highest BCUT2D eigenvalue weighted by Crippen LogP contribution is 2.23. The Hall–Kier alpha value is -1.59. The van der Waals surface area contributed by atoms with Crippen LogP contribution < -0.4 is 10.1 Å². The van der Waals surface area contributed by atoms with E-state index in [0.717, 1.165) is 56.8 Å². The first-order chi connectivity index (χ1) is 13.0. The maximum absolute atomic E-state index is 12.7. The van der Waals surface area contributed by atoms with E-state index in [1.54, 1.807) is 0 Å². The summed E-state index contributed by atoms with van der Waals surface area (Å²) in [4.78, 5) is 15.1. The molecule has 1 aromatic carbocycles. The van der Waals surface area contributed by atoms with Gasteiger partial charge < -0.3 is 19.7 Å². The molecule has 0 heterocycles. The Labute approximate surface area is 165 Å². The van der Waals surface area contributed by atoms with Crippen LogP contribution in [-0.4, -0.2) is 49.3 Å². The van der Waals surface area contributed by atoms with E-state index in [9.17, 15) is 4.79 Å². The predicted octanol–water partition coefficient (Wildman–Crippen LogP) is 4.72. The number of likely N-dealkylation sites (N-methyl/N-ethyl adjacent to an activating group) is 1. The second kappa shape index (κ2) is 12.7. The number of nitrogens with one attached hydrogen (secondary N) is 1. The van der Waals surface area contributed by atoms with Gasteiger partial charge in [0.15, 0.2) is 0 Å².